The number of nitrogens with one attached hydrogen (secondary N) is 1. The van der Waals surface area contributed by atoms with Crippen molar-refractivity contribution in [3.8, 4) is 0 Å². The fourth-order valence-electron chi connectivity index (χ4n) is 1.74. The van der Waals surface area contributed by atoms with Gasteiger partial charge in [0.2, 0.25) is 0 Å². The van der Waals surface area contributed by atoms with Crippen LogP contribution in [0.15, 0.2) is 4.42 Å². The SMILES string of the molecule is Cc1oc(C)c(C(=O)N[C@@H](CCO)C(=O)O)c1C. The molecule has 0 aromatic carbocycles. The number of rotatable bonds is 5. The van der Waals surface area contributed by atoms with E-state index in [2.05, 4.69) is 5.32 Å². The van der Waals surface area contributed by atoms with Gasteiger partial charge in [0.25, 0.3) is 5.91 Å². The first-order valence-corrected chi connectivity index (χ1v) is 5.59. The van der Waals surface area contributed by atoms with Gasteiger partial charge in [-0.05, 0) is 20.8 Å². The van der Waals surface area contributed by atoms with Gasteiger partial charge < -0.3 is 19.9 Å². The van der Waals surface area contributed by atoms with E-state index in [0.717, 1.165) is 0 Å². The van der Waals surface area contributed by atoms with Gasteiger partial charge in [0.05, 0.1) is 5.56 Å². The van der Waals surface area contributed by atoms with Gasteiger partial charge in [-0.25, -0.2) is 4.79 Å². The molecule has 0 spiro atoms. The molecule has 1 heterocycles. The van der Waals surface area contributed by atoms with Crippen LogP contribution in [-0.4, -0.2) is 34.7 Å². The van der Waals surface area contributed by atoms with Crippen molar-refractivity contribution < 1.29 is 24.2 Å². The molecule has 1 amide bonds. The van der Waals surface area contributed by atoms with E-state index in [4.69, 9.17) is 14.6 Å². The van der Waals surface area contributed by atoms with Crippen LogP contribution in [0, 0.1) is 20.8 Å². The number of carbonyl (C=O) groups is 2. The van der Waals surface area contributed by atoms with Crippen molar-refractivity contribution in [1.82, 2.24) is 5.32 Å². The summed E-state index contributed by atoms with van der Waals surface area (Å²) in [4.78, 5) is 22.9. The van der Waals surface area contributed by atoms with Gasteiger partial charge in [0.15, 0.2) is 0 Å². The van der Waals surface area contributed by atoms with E-state index in [-0.39, 0.29) is 13.0 Å². The van der Waals surface area contributed by atoms with E-state index >= 15 is 0 Å². The molecule has 1 aromatic heterocycles. The molecule has 1 atom stereocenters. The summed E-state index contributed by atoms with van der Waals surface area (Å²) in [7, 11) is 0. The third kappa shape index (κ3) is 2.89. The molecule has 100 valence electrons. The molecule has 0 unspecified atom stereocenters. The lowest BCUT2D eigenvalue weighted by Gasteiger charge is -2.13. The van der Waals surface area contributed by atoms with Crippen LogP contribution in [0.5, 0.6) is 0 Å². The molecule has 0 saturated carbocycles. The van der Waals surface area contributed by atoms with E-state index in [1.807, 2.05) is 0 Å². The Morgan fingerprint density at radius 3 is 2.28 bits per heavy atom. The minimum absolute atomic E-state index is 0.0317. The summed E-state index contributed by atoms with van der Waals surface area (Å²) in [5, 5.41) is 20.0. The number of furan rings is 1. The molecule has 0 aliphatic rings. The molecule has 6 nitrogen and oxygen atoms in total. The van der Waals surface area contributed by atoms with Crippen LogP contribution in [0.2, 0.25) is 0 Å². The molecule has 0 bridgehead atoms. The zero-order valence-electron chi connectivity index (χ0n) is 10.6. The van der Waals surface area contributed by atoms with Crippen LogP contribution < -0.4 is 5.32 Å². The maximum absolute atomic E-state index is 12.0. The van der Waals surface area contributed by atoms with Crippen molar-refractivity contribution in [2.75, 3.05) is 6.61 Å². The number of aliphatic hydroxyl groups excluding tert-OH is 1. The van der Waals surface area contributed by atoms with Crippen molar-refractivity contribution in [3.63, 3.8) is 0 Å². The Labute approximate surface area is 105 Å². The van der Waals surface area contributed by atoms with Gasteiger partial charge in [0.1, 0.15) is 17.6 Å². The first-order valence-electron chi connectivity index (χ1n) is 5.59. The van der Waals surface area contributed by atoms with E-state index < -0.39 is 17.9 Å². The number of aliphatic hydroxyl groups is 1. The average molecular weight is 255 g/mol. The van der Waals surface area contributed by atoms with Crippen LogP contribution in [0.3, 0.4) is 0 Å². The maximum atomic E-state index is 12.0. The molecule has 1 rings (SSSR count). The second-order valence-corrected chi connectivity index (χ2v) is 4.09. The van der Waals surface area contributed by atoms with Crippen LogP contribution in [0.25, 0.3) is 0 Å². The molecule has 6 heteroatoms. The Kier molecular flexibility index (Phi) is 4.49. The zero-order valence-corrected chi connectivity index (χ0v) is 10.6. The monoisotopic (exact) mass is 255 g/mol. The number of carbonyl (C=O) groups excluding carboxylic acids is 1. The molecule has 0 radical (unpaired) electrons. The predicted molar refractivity (Wildman–Crippen MR) is 63.5 cm³/mol. The lowest BCUT2D eigenvalue weighted by Crippen LogP contribution is -2.41. The number of aryl methyl sites for hydroxylation is 2. The fourth-order valence-corrected chi connectivity index (χ4v) is 1.74. The Balaban J connectivity index is 2.90. The second-order valence-electron chi connectivity index (χ2n) is 4.09. The van der Waals surface area contributed by atoms with Gasteiger partial charge >= 0.3 is 5.97 Å². The van der Waals surface area contributed by atoms with Gasteiger partial charge in [-0.15, -0.1) is 0 Å². The molecular formula is C12H17NO5. The molecule has 0 fully saturated rings. The third-order valence-corrected chi connectivity index (χ3v) is 2.81. The Hall–Kier alpha value is -1.82. The topological polar surface area (TPSA) is 99.8 Å². The molecule has 0 saturated heterocycles. The minimum Gasteiger partial charge on any atom is -0.480 e. The van der Waals surface area contributed by atoms with Gasteiger partial charge in [-0.2, -0.15) is 0 Å². The Morgan fingerprint density at radius 1 is 1.28 bits per heavy atom. The highest BCUT2D eigenvalue weighted by molar-refractivity contribution is 5.98. The molecule has 3 N–H and O–H groups in total. The van der Waals surface area contributed by atoms with Crippen molar-refractivity contribution in [3.05, 3.63) is 22.6 Å². The van der Waals surface area contributed by atoms with Crippen LogP contribution in [0.1, 0.15) is 33.9 Å². The minimum atomic E-state index is -1.17. The summed E-state index contributed by atoms with van der Waals surface area (Å²) in [6.07, 6.45) is -0.0317. The van der Waals surface area contributed by atoms with Crippen LogP contribution in [-0.2, 0) is 4.79 Å². The highest BCUT2D eigenvalue weighted by Crippen LogP contribution is 2.20. The van der Waals surface area contributed by atoms with E-state index in [9.17, 15) is 9.59 Å². The van der Waals surface area contributed by atoms with E-state index in [1.54, 1.807) is 20.8 Å². The Bertz CT molecular complexity index is 463. The van der Waals surface area contributed by atoms with Gasteiger partial charge in [0, 0.05) is 18.6 Å². The lowest BCUT2D eigenvalue weighted by atomic mass is 10.1. The number of hydrogen-bond acceptors (Lipinski definition) is 4. The number of amides is 1. The van der Waals surface area contributed by atoms with Crippen LogP contribution >= 0.6 is 0 Å². The van der Waals surface area contributed by atoms with E-state index in [1.165, 1.54) is 0 Å². The third-order valence-electron chi connectivity index (χ3n) is 2.81. The second kappa shape index (κ2) is 5.68. The van der Waals surface area contributed by atoms with Crippen molar-refractivity contribution >= 4 is 11.9 Å². The highest BCUT2D eigenvalue weighted by Gasteiger charge is 2.24. The summed E-state index contributed by atoms with van der Waals surface area (Å²) in [6.45, 7) is 4.82. The number of hydrogen-bond donors (Lipinski definition) is 3. The fraction of sp³-hybridized carbons (Fsp3) is 0.500. The summed E-state index contributed by atoms with van der Waals surface area (Å²) in [5.41, 5.74) is 1.05. The van der Waals surface area contributed by atoms with E-state index in [0.29, 0.717) is 22.6 Å². The first kappa shape index (κ1) is 14.2. The number of carboxylic acids is 1. The highest BCUT2D eigenvalue weighted by atomic mass is 16.4. The van der Waals surface area contributed by atoms with Crippen LogP contribution in [0.4, 0.5) is 0 Å². The summed E-state index contributed by atoms with van der Waals surface area (Å²) in [5.74, 6) is -0.585. The number of carboxylic acid groups (broad SMARTS) is 1. The standard InChI is InChI=1S/C12H17NO5/c1-6-7(2)18-8(3)10(6)11(15)13-9(4-5-14)12(16)17/h9,14H,4-5H2,1-3H3,(H,13,15)(H,16,17)/t9-/m0/s1. The molecule has 0 aliphatic carbocycles. The van der Waals surface area contributed by atoms with Crippen molar-refractivity contribution in [2.45, 2.75) is 33.2 Å². The normalized spacial score (nSPS) is 12.2. The lowest BCUT2D eigenvalue weighted by molar-refractivity contribution is -0.139. The smallest absolute Gasteiger partial charge is 0.326 e. The molecular weight excluding hydrogens is 238 g/mol. The summed E-state index contributed by atoms with van der Waals surface area (Å²) < 4.78 is 5.31. The van der Waals surface area contributed by atoms with Crippen molar-refractivity contribution in [1.29, 1.82) is 0 Å². The average Bonchev–Trinajstić information content (AvgIpc) is 2.52. The summed E-state index contributed by atoms with van der Waals surface area (Å²) >= 11 is 0. The summed E-state index contributed by atoms with van der Waals surface area (Å²) in [6, 6.07) is -1.10. The zero-order chi connectivity index (χ0) is 13.9. The molecule has 0 aliphatic heterocycles. The first-order chi connectivity index (χ1) is 8.38. The Morgan fingerprint density at radius 2 is 1.89 bits per heavy atom. The molecule has 1 aromatic rings. The largest absolute Gasteiger partial charge is 0.480 e. The van der Waals surface area contributed by atoms with Gasteiger partial charge in [-0.3, -0.25) is 4.79 Å². The number of aliphatic carboxylic acids is 1. The van der Waals surface area contributed by atoms with Gasteiger partial charge in [-0.1, -0.05) is 0 Å². The maximum Gasteiger partial charge on any atom is 0.326 e. The predicted octanol–water partition coefficient (Wildman–Crippen LogP) is 0.770. The molecule has 18 heavy (non-hydrogen) atoms. The quantitative estimate of drug-likeness (QED) is 0.721. The van der Waals surface area contributed by atoms with Crippen molar-refractivity contribution in [2.24, 2.45) is 0 Å².